The smallest absolute Gasteiger partial charge is 0.105 e. The second-order valence-corrected chi connectivity index (χ2v) is 3.97. The monoisotopic (exact) mass is 159 g/mol. The van der Waals surface area contributed by atoms with Crippen LogP contribution in [0.4, 0.5) is 4.39 Å². The van der Waals surface area contributed by atoms with Crippen LogP contribution in [0.15, 0.2) is 0 Å². The topological polar surface area (TPSA) is 26.0 Å². The van der Waals surface area contributed by atoms with E-state index in [1.54, 1.807) is 0 Å². The van der Waals surface area contributed by atoms with E-state index in [-0.39, 0.29) is 5.92 Å². The summed E-state index contributed by atoms with van der Waals surface area (Å²) in [5.74, 6) is 1.13. The van der Waals surface area contributed by atoms with Gasteiger partial charge in [-0.3, -0.25) is 0 Å². The molecule has 1 saturated carbocycles. The summed E-state index contributed by atoms with van der Waals surface area (Å²) < 4.78 is 13.3. The van der Waals surface area contributed by atoms with Gasteiger partial charge in [0.2, 0.25) is 0 Å². The maximum atomic E-state index is 13.3. The van der Waals surface area contributed by atoms with Crippen molar-refractivity contribution in [1.82, 2.24) is 0 Å². The van der Waals surface area contributed by atoms with Crippen LogP contribution in [0, 0.1) is 17.8 Å². The molecule has 0 bridgehead atoms. The van der Waals surface area contributed by atoms with Crippen LogP contribution < -0.4 is 5.73 Å². The van der Waals surface area contributed by atoms with Gasteiger partial charge >= 0.3 is 0 Å². The van der Waals surface area contributed by atoms with Gasteiger partial charge in [0.05, 0.1) is 0 Å². The molecule has 2 N–H and O–H groups in total. The van der Waals surface area contributed by atoms with E-state index in [0.717, 1.165) is 6.42 Å². The number of hydrogen-bond donors (Lipinski definition) is 1. The second kappa shape index (κ2) is 3.53. The summed E-state index contributed by atoms with van der Waals surface area (Å²) in [6, 6.07) is 0. The summed E-state index contributed by atoms with van der Waals surface area (Å²) in [5.41, 5.74) is 5.49. The zero-order valence-electron chi connectivity index (χ0n) is 7.39. The third-order valence-electron chi connectivity index (χ3n) is 2.87. The highest BCUT2D eigenvalue weighted by molar-refractivity contribution is 4.83. The molecular weight excluding hydrogens is 141 g/mol. The average Bonchev–Trinajstić information content (AvgIpc) is 1.85. The molecule has 66 valence electrons. The minimum Gasteiger partial charge on any atom is -0.330 e. The van der Waals surface area contributed by atoms with Crippen LogP contribution in [0.2, 0.25) is 0 Å². The molecule has 0 spiro atoms. The van der Waals surface area contributed by atoms with Crippen molar-refractivity contribution >= 4 is 0 Å². The van der Waals surface area contributed by atoms with Crippen molar-refractivity contribution in [1.29, 1.82) is 0 Å². The van der Waals surface area contributed by atoms with Gasteiger partial charge in [-0.25, -0.2) is 4.39 Å². The molecule has 0 heterocycles. The Hall–Kier alpha value is -0.110. The van der Waals surface area contributed by atoms with Gasteiger partial charge in [-0.05, 0) is 31.2 Å². The molecule has 1 aliphatic carbocycles. The van der Waals surface area contributed by atoms with Crippen LogP contribution in [-0.2, 0) is 0 Å². The number of alkyl halides is 1. The van der Waals surface area contributed by atoms with Crippen molar-refractivity contribution in [2.75, 3.05) is 6.54 Å². The van der Waals surface area contributed by atoms with Gasteiger partial charge in [-0.1, -0.05) is 13.8 Å². The Bertz CT molecular complexity index is 115. The second-order valence-electron chi connectivity index (χ2n) is 3.97. The lowest BCUT2D eigenvalue weighted by molar-refractivity contribution is 0.0898. The first-order valence-corrected chi connectivity index (χ1v) is 4.49. The Morgan fingerprint density at radius 3 is 2.45 bits per heavy atom. The molecule has 4 atom stereocenters. The van der Waals surface area contributed by atoms with Crippen LogP contribution in [-0.4, -0.2) is 12.7 Å². The Morgan fingerprint density at radius 1 is 1.36 bits per heavy atom. The zero-order chi connectivity index (χ0) is 8.43. The first kappa shape index (κ1) is 8.98. The number of hydrogen-bond acceptors (Lipinski definition) is 1. The SMILES string of the molecule is CC1CC(C)C(CN)C(F)C1. The molecule has 0 amide bonds. The fourth-order valence-electron chi connectivity index (χ4n) is 2.20. The molecule has 0 aromatic heterocycles. The van der Waals surface area contributed by atoms with Crippen LogP contribution in [0.25, 0.3) is 0 Å². The zero-order valence-corrected chi connectivity index (χ0v) is 7.39. The van der Waals surface area contributed by atoms with Gasteiger partial charge in [0.25, 0.3) is 0 Å². The molecule has 0 aromatic rings. The molecule has 0 aliphatic heterocycles. The first-order chi connectivity index (χ1) is 5.15. The van der Waals surface area contributed by atoms with Crippen LogP contribution in [0.3, 0.4) is 0 Å². The van der Waals surface area contributed by atoms with E-state index >= 15 is 0 Å². The fourth-order valence-corrected chi connectivity index (χ4v) is 2.20. The fraction of sp³-hybridized carbons (Fsp3) is 1.00. The summed E-state index contributed by atoms with van der Waals surface area (Å²) in [7, 11) is 0. The lowest BCUT2D eigenvalue weighted by atomic mass is 9.74. The molecule has 1 rings (SSSR count). The Labute approximate surface area is 68.2 Å². The van der Waals surface area contributed by atoms with E-state index < -0.39 is 6.17 Å². The molecule has 0 aromatic carbocycles. The summed E-state index contributed by atoms with van der Waals surface area (Å²) in [4.78, 5) is 0. The molecular formula is C9H18FN. The van der Waals surface area contributed by atoms with Crippen molar-refractivity contribution in [3.05, 3.63) is 0 Å². The van der Waals surface area contributed by atoms with Crippen molar-refractivity contribution in [2.24, 2.45) is 23.5 Å². The summed E-state index contributed by atoms with van der Waals surface area (Å²) in [6.07, 6.45) is 1.20. The predicted octanol–water partition coefficient (Wildman–Crippen LogP) is 1.97. The van der Waals surface area contributed by atoms with Gasteiger partial charge in [-0.15, -0.1) is 0 Å². The summed E-state index contributed by atoms with van der Waals surface area (Å²) in [6.45, 7) is 4.74. The molecule has 2 heteroatoms. The number of nitrogens with two attached hydrogens (primary N) is 1. The van der Waals surface area contributed by atoms with E-state index in [1.807, 2.05) is 0 Å². The van der Waals surface area contributed by atoms with Crippen LogP contribution >= 0.6 is 0 Å². The maximum absolute atomic E-state index is 13.3. The number of rotatable bonds is 1. The average molecular weight is 159 g/mol. The molecule has 0 saturated heterocycles. The first-order valence-electron chi connectivity index (χ1n) is 4.49. The van der Waals surface area contributed by atoms with Gasteiger partial charge in [0.15, 0.2) is 0 Å². The van der Waals surface area contributed by atoms with Crippen molar-refractivity contribution in [3.8, 4) is 0 Å². The lowest BCUT2D eigenvalue weighted by Gasteiger charge is -2.34. The van der Waals surface area contributed by atoms with Crippen molar-refractivity contribution in [2.45, 2.75) is 32.9 Å². The minimum atomic E-state index is -0.654. The van der Waals surface area contributed by atoms with E-state index in [0.29, 0.717) is 24.8 Å². The Balaban J connectivity index is 2.52. The lowest BCUT2D eigenvalue weighted by Crippen LogP contribution is -2.36. The summed E-state index contributed by atoms with van der Waals surface area (Å²) in [5, 5.41) is 0. The predicted molar refractivity (Wildman–Crippen MR) is 45.0 cm³/mol. The van der Waals surface area contributed by atoms with Crippen molar-refractivity contribution in [3.63, 3.8) is 0 Å². The third kappa shape index (κ3) is 1.92. The molecule has 1 fully saturated rings. The molecule has 1 nitrogen and oxygen atoms in total. The Kier molecular flexibility index (Phi) is 2.88. The molecule has 4 unspecified atom stereocenters. The maximum Gasteiger partial charge on any atom is 0.105 e. The quantitative estimate of drug-likeness (QED) is 0.622. The minimum absolute atomic E-state index is 0.117. The van der Waals surface area contributed by atoms with Crippen LogP contribution in [0.1, 0.15) is 26.7 Å². The highest BCUT2D eigenvalue weighted by Gasteiger charge is 2.32. The van der Waals surface area contributed by atoms with Crippen LogP contribution in [0.5, 0.6) is 0 Å². The largest absolute Gasteiger partial charge is 0.330 e. The van der Waals surface area contributed by atoms with E-state index in [1.165, 1.54) is 0 Å². The normalized spacial score (nSPS) is 45.8. The van der Waals surface area contributed by atoms with Gasteiger partial charge in [0, 0.05) is 5.92 Å². The number of halogens is 1. The van der Waals surface area contributed by atoms with E-state index in [2.05, 4.69) is 13.8 Å². The third-order valence-corrected chi connectivity index (χ3v) is 2.87. The molecule has 0 radical (unpaired) electrons. The Morgan fingerprint density at radius 2 is 2.00 bits per heavy atom. The highest BCUT2D eigenvalue weighted by Crippen LogP contribution is 2.34. The van der Waals surface area contributed by atoms with Crippen molar-refractivity contribution < 1.29 is 4.39 Å². The van der Waals surface area contributed by atoms with Gasteiger partial charge in [0.1, 0.15) is 6.17 Å². The van der Waals surface area contributed by atoms with E-state index in [9.17, 15) is 4.39 Å². The van der Waals surface area contributed by atoms with Gasteiger partial charge < -0.3 is 5.73 Å². The van der Waals surface area contributed by atoms with E-state index in [4.69, 9.17) is 5.73 Å². The highest BCUT2D eigenvalue weighted by atomic mass is 19.1. The molecule has 1 aliphatic rings. The molecule has 11 heavy (non-hydrogen) atoms. The standard InChI is InChI=1S/C9H18FN/c1-6-3-7(2)8(5-11)9(10)4-6/h6-9H,3-5,11H2,1-2H3. The van der Waals surface area contributed by atoms with Gasteiger partial charge in [-0.2, -0.15) is 0 Å². The summed E-state index contributed by atoms with van der Waals surface area (Å²) >= 11 is 0.